The number of likely N-dealkylation sites (N-methyl/N-ethyl adjacent to an activating group) is 1. The first-order chi connectivity index (χ1) is 12.4. The first-order valence-electron chi connectivity index (χ1n) is 8.19. The summed E-state index contributed by atoms with van der Waals surface area (Å²) in [6, 6.07) is 18.5. The molecule has 0 aliphatic rings. The Labute approximate surface area is 151 Å². The number of non-ortho nitro benzene ring substituents is 1. The molecule has 0 fully saturated rings. The third-order valence-corrected chi connectivity index (χ3v) is 4.26. The maximum absolute atomic E-state index is 12.4. The average molecular weight is 349 g/mol. The first-order valence-corrected chi connectivity index (χ1v) is 8.19. The van der Waals surface area contributed by atoms with Gasteiger partial charge in [0, 0.05) is 24.9 Å². The zero-order valence-corrected chi connectivity index (χ0v) is 14.6. The van der Waals surface area contributed by atoms with Crippen molar-refractivity contribution in [1.82, 2.24) is 0 Å². The van der Waals surface area contributed by atoms with Gasteiger partial charge < -0.3 is 10.2 Å². The van der Waals surface area contributed by atoms with Crippen LogP contribution in [0.3, 0.4) is 0 Å². The van der Waals surface area contributed by atoms with Crippen LogP contribution in [0.15, 0.2) is 60.7 Å². The maximum atomic E-state index is 12.4. The second-order valence-electron chi connectivity index (χ2n) is 6.19. The molecule has 3 aromatic carbocycles. The molecule has 0 aromatic heterocycles. The van der Waals surface area contributed by atoms with E-state index in [1.54, 1.807) is 13.0 Å². The number of amides is 1. The summed E-state index contributed by atoms with van der Waals surface area (Å²) < 4.78 is 0. The van der Waals surface area contributed by atoms with Gasteiger partial charge in [-0.25, -0.2) is 0 Å². The molecule has 0 saturated heterocycles. The fourth-order valence-corrected chi connectivity index (χ4v) is 2.77. The van der Waals surface area contributed by atoms with Crippen molar-refractivity contribution in [2.45, 2.75) is 6.92 Å². The number of carbonyl (C=O) groups excluding carboxylic acids is 1. The normalized spacial score (nSPS) is 10.5. The van der Waals surface area contributed by atoms with E-state index in [4.69, 9.17) is 0 Å². The van der Waals surface area contributed by atoms with Gasteiger partial charge in [0.15, 0.2) is 0 Å². The highest BCUT2D eigenvalue weighted by atomic mass is 16.6. The molecule has 3 rings (SSSR count). The molecule has 0 saturated carbocycles. The summed E-state index contributed by atoms with van der Waals surface area (Å²) in [7, 11) is 1.84. The van der Waals surface area contributed by atoms with Crippen LogP contribution in [0, 0.1) is 17.0 Å². The largest absolute Gasteiger partial charge is 0.365 e. The van der Waals surface area contributed by atoms with Crippen molar-refractivity contribution in [3.05, 3.63) is 76.3 Å². The number of benzene rings is 3. The molecule has 0 radical (unpaired) electrons. The third-order valence-electron chi connectivity index (χ3n) is 4.26. The zero-order valence-electron chi connectivity index (χ0n) is 14.6. The molecule has 1 amide bonds. The topological polar surface area (TPSA) is 75.5 Å². The van der Waals surface area contributed by atoms with Crippen LogP contribution in [0.25, 0.3) is 10.8 Å². The minimum Gasteiger partial charge on any atom is -0.365 e. The molecular weight excluding hydrogens is 330 g/mol. The highest BCUT2D eigenvalue weighted by Crippen LogP contribution is 2.23. The summed E-state index contributed by atoms with van der Waals surface area (Å²) >= 11 is 0. The lowest BCUT2D eigenvalue weighted by Crippen LogP contribution is -2.30. The van der Waals surface area contributed by atoms with Crippen LogP contribution in [0.4, 0.5) is 17.1 Å². The van der Waals surface area contributed by atoms with E-state index in [-0.39, 0.29) is 18.1 Å². The van der Waals surface area contributed by atoms with Crippen LogP contribution in [0.2, 0.25) is 0 Å². The standard InChI is InChI=1S/C20H19N3O3/c1-14-7-9-18(23(25)26)12-19(14)21-20(24)13-22(2)17-10-8-15-5-3-4-6-16(15)11-17/h3-12H,13H2,1-2H3,(H,21,24). The number of hydrogen-bond donors (Lipinski definition) is 1. The number of carbonyl (C=O) groups is 1. The number of anilines is 2. The molecule has 3 aromatic rings. The smallest absolute Gasteiger partial charge is 0.271 e. The summed E-state index contributed by atoms with van der Waals surface area (Å²) in [4.78, 5) is 24.6. The van der Waals surface area contributed by atoms with Crippen molar-refractivity contribution in [2.24, 2.45) is 0 Å². The molecule has 0 aliphatic carbocycles. The Hall–Kier alpha value is -3.41. The minimum atomic E-state index is -0.476. The van der Waals surface area contributed by atoms with E-state index in [0.717, 1.165) is 22.0 Å². The molecule has 0 spiro atoms. The van der Waals surface area contributed by atoms with E-state index in [1.807, 2.05) is 54.4 Å². The van der Waals surface area contributed by atoms with Gasteiger partial charge >= 0.3 is 0 Å². The van der Waals surface area contributed by atoms with E-state index in [2.05, 4.69) is 5.32 Å². The van der Waals surface area contributed by atoms with Gasteiger partial charge in [0.05, 0.1) is 17.2 Å². The van der Waals surface area contributed by atoms with Gasteiger partial charge in [0.25, 0.3) is 5.69 Å². The van der Waals surface area contributed by atoms with Gasteiger partial charge in [0.2, 0.25) is 5.91 Å². The van der Waals surface area contributed by atoms with Crippen molar-refractivity contribution in [3.8, 4) is 0 Å². The fourth-order valence-electron chi connectivity index (χ4n) is 2.77. The lowest BCUT2D eigenvalue weighted by molar-refractivity contribution is -0.384. The quantitative estimate of drug-likeness (QED) is 0.555. The van der Waals surface area contributed by atoms with Crippen LogP contribution >= 0.6 is 0 Å². The highest BCUT2D eigenvalue weighted by Gasteiger charge is 2.13. The van der Waals surface area contributed by atoms with Crippen molar-refractivity contribution >= 4 is 33.7 Å². The van der Waals surface area contributed by atoms with Crippen LogP contribution < -0.4 is 10.2 Å². The summed E-state index contributed by atoms with van der Waals surface area (Å²) in [6.07, 6.45) is 0. The maximum Gasteiger partial charge on any atom is 0.271 e. The summed E-state index contributed by atoms with van der Waals surface area (Å²) in [5, 5.41) is 15.9. The number of aryl methyl sites for hydroxylation is 1. The molecule has 132 valence electrons. The van der Waals surface area contributed by atoms with Gasteiger partial charge in [-0.1, -0.05) is 36.4 Å². The Morgan fingerprint density at radius 1 is 1.08 bits per heavy atom. The Morgan fingerprint density at radius 2 is 1.81 bits per heavy atom. The molecule has 0 atom stereocenters. The number of nitro groups is 1. The Morgan fingerprint density at radius 3 is 2.54 bits per heavy atom. The molecule has 0 bridgehead atoms. The van der Waals surface area contributed by atoms with Crippen LogP contribution in [0.5, 0.6) is 0 Å². The van der Waals surface area contributed by atoms with Gasteiger partial charge in [0.1, 0.15) is 0 Å². The zero-order chi connectivity index (χ0) is 18.7. The molecule has 6 nitrogen and oxygen atoms in total. The van der Waals surface area contributed by atoms with E-state index in [1.165, 1.54) is 12.1 Å². The van der Waals surface area contributed by atoms with Crippen LogP contribution in [-0.4, -0.2) is 24.4 Å². The summed E-state index contributed by atoms with van der Waals surface area (Å²) in [6.45, 7) is 1.94. The average Bonchev–Trinajstić information content (AvgIpc) is 2.62. The second-order valence-corrected chi connectivity index (χ2v) is 6.19. The van der Waals surface area contributed by atoms with Gasteiger partial charge in [-0.05, 0) is 35.4 Å². The molecule has 6 heteroatoms. The van der Waals surface area contributed by atoms with Crippen molar-refractivity contribution in [2.75, 3.05) is 23.8 Å². The third kappa shape index (κ3) is 3.80. The van der Waals surface area contributed by atoms with Crippen molar-refractivity contribution in [1.29, 1.82) is 0 Å². The Kier molecular flexibility index (Phi) is 4.84. The van der Waals surface area contributed by atoms with E-state index >= 15 is 0 Å². The number of nitrogens with one attached hydrogen (secondary N) is 1. The lowest BCUT2D eigenvalue weighted by Gasteiger charge is -2.19. The molecule has 1 N–H and O–H groups in total. The highest BCUT2D eigenvalue weighted by molar-refractivity contribution is 5.95. The van der Waals surface area contributed by atoms with Gasteiger partial charge in [-0.2, -0.15) is 0 Å². The number of rotatable bonds is 5. The number of fused-ring (bicyclic) bond motifs is 1. The van der Waals surface area contributed by atoms with E-state index < -0.39 is 4.92 Å². The minimum absolute atomic E-state index is 0.0474. The van der Waals surface area contributed by atoms with Crippen LogP contribution in [-0.2, 0) is 4.79 Å². The van der Waals surface area contributed by atoms with E-state index in [0.29, 0.717) is 5.69 Å². The predicted molar refractivity (Wildman–Crippen MR) is 104 cm³/mol. The molecule has 0 heterocycles. The SMILES string of the molecule is Cc1ccc([N+](=O)[O-])cc1NC(=O)CN(C)c1ccc2ccccc2c1. The van der Waals surface area contributed by atoms with Crippen LogP contribution in [0.1, 0.15) is 5.56 Å². The lowest BCUT2D eigenvalue weighted by atomic mass is 10.1. The molecule has 0 aliphatic heterocycles. The monoisotopic (exact) mass is 349 g/mol. The molecular formula is C20H19N3O3. The van der Waals surface area contributed by atoms with Crippen molar-refractivity contribution < 1.29 is 9.72 Å². The van der Waals surface area contributed by atoms with E-state index in [9.17, 15) is 14.9 Å². The molecule has 0 unspecified atom stereocenters. The Balaban J connectivity index is 1.72. The van der Waals surface area contributed by atoms with Gasteiger partial charge in [-0.3, -0.25) is 14.9 Å². The number of hydrogen-bond acceptors (Lipinski definition) is 4. The summed E-state index contributed by atoms with van der Waals surface area (Å²) in [5.74, 6) is -0.232. The summed E-state index contributed by atoms with van der Waals surface area (Å²) in [5.41, 5.74) is 2.11. The molecule has 26 heavy (non-hydrogen) atoms. The predicted octanol–water partition coefficient (Wildman–Crippen LogP) is 4.13. The second kappa shape index (κ2) is 7.23. The number of nitro benzene ring substituents is 1. The Bertz CT molecular complexity index is 985. The van der Waals surface area contributed by atoms with Crippen molar-refractivity contribution in [3.63, 3.8) is 0 Å². The first kappa shape index (κ1) is 17.4. The number of nitrogens with zero attached hydrogens (tertiary/aromatic N) is 2. The van der Waals surface area contributed by atoms with Gasteiger partial charge in [-0.15, -0.1) is 0 Å². The fraction of sp³-hybridized carbons (Fsp3) is 0.150.